The predicted octanol–water partition coefficient (Wildman–Crippen LogP) is 4.25. The summed E-state index contributed by atoms with van der Waals surface area (Å²) >= 11 is 0. The third kappa shape index (κ3) is 3.97. The number of allylic oxidation sites excluding steroid dienone is 1. The lowest BCUT2D eigenvalue weighted by Gasteiger charge is -2.30. The Bertz CT molecular complexity index is 670. The molecule has 0 bridgehead atoms. The molecule has 0 unspecified atom stereocenters. The summed E-state index contributed by atoms with van der Waals surface area (Å²) in [5, 5.41) is 8.63. The van der Waals surface area contributed by atoms with Crippen molar-refractivity contribution in [2.45, 2.75) is 33.6 Å². The summed E-state index contributed by atoms with van der Waals surface area (Å²) in [5.41, 5.74) is 1.81. The predicted molar refractivity (Wildman–Crippen MR) is 93.8 cm³/mol. The highest BCUT2D eigenvalue weighted by atomic mass is 16.5. The van der Waals surface area contributed by atoms with Crippen LogP contribution in [0.25, 0.3) is 6.08 Å². The Morgan fingerprint density at radius 2 is 2.08 bits per heavy atom. The zero-order valence-corrected chi connectivity index (χ0v) is 14.8. The number of ether oxygens (including phenoxy) is 2. The molecule has 0 N–H and O–H groups in total. The first-order chi connectivity index (χ1) is 11.5. The molecule has 0 aliphatic heterocycles. The maximum absolute atomic E-state index is 12.8. The average Bonchev–Trinajstić information content (AvgIpc) is 2.56. The van der Waals surface area contributed by atoms with Crippen LogP contribution in [0, 0.1) is 29.1 Å². The van der Waals surface area contributed by atoms with E-state index < -0.39 is 0 Å². The SMILES string of the molecule is COc1cc(C=C2C(=O)[C@H](C(C)C)CC[C@@H]2C)ccc1OCC#N. The molecule has 0 saturated heterocycles. The highest BCUT2D eigenvalue weighted by Crippen LogP contribution is 2.36. The Balaban J connectivity index is 2.31. The summed E-state index contributed by atoms with van der Waals surface area (Å²) < 4.78 is 10.7. The van der Waals surface area contributed by atoms with Gasteiger partial charge in [0.1, 0.15) is 6.07 Å². The molecule has 128 valence electrons. The van der Waals surface area contributed by atoms with E-state index in [1.807, 2.05) is 24.3 Å². The highest BCUT2D eigenvalue weighted by Gasteiger charge is 2.32. The summed E-state index contributed by atoms with van der Waals surface area (Å²) in [7, 11) is 1.56. The highest BCUT2D eigenvalue weighted by molar-refractivity contribution is 6.02. The normalized spacial score (nSPS) is 22.5. The fourth-order valence-corrected chi connectivity index (χ4v) is 3.21. The topological polar surface area (TPSA) is 59.3 Å². The van der Waals surface area contributed by atoms with Crippen molar-refractivity contribution in [3.63, 3.8) is 0 Å². The Morgan fingerprint density at radius 1 is 1.33 bits per heavy atom. The monoisotopic (exact) mass is 327 g/mol. The Labute approximate surface area is 144 Å². The molecule has 0 spiro atoms. The molecular weight excluding hydrogens is 302 g/mol. The van der Waals surface area contributed by atoms with Crippen LogP contribution in [0.3, 0.4) is 0 Å². The molecule has 4 heteroatoms. The number of nitrogens with zero attached hydrogens (tertiary/aromatic N) is 1. The number of nitriles is 1. The van der Waals surface area contributed by atoms with Crippen molar-refractivity contribution in [1.29, 1.82) is 5.26 Å². The number of hydrogen-bond donors (Lipinski definition) is 0. The maximum Gasteiger partial charge on any atom is 0.174 e. The molecule has 1 saturated carbocycles. The van der Waals surface area contributed by atoms with E-state index in [1.54, 1.807) is 13.2 Å². The van der Waals surface area contributed by atoms with E-state index >= 15 is 0 Å². The van der Waals surface area contributed by atoms with Gasteiger partial charge in [-0.1, -0.05) is 26.8 Å². The molecule has 1 fully saturated rings. The molecule has 1 aliphatic rings. The summed E-state index contributed by atoms with van der Waals surface area (Å²) in [5.74, 6) is 2.12. The molecule has 4 nitrogen and oxygen atoms in total. The van der Waals surface area contributed by atoms with Crippen molar-refractivity contribution in [1.82, 2.24) is 0 Å². The Hall–Kier alpha value is -2.28. The van der Waals surface area contributed by atoms with Gasteiger partial charge in [-0.3, -0.25) is 4.79 Å². The van der Waals surface area contributed by atoms with Crippen molar-refractivity contribution in [2.24, 2.45) is 17.8 Å². The standard InChI is InChI=1S/C20H25NO3/c1-13(2)16-7-5-14(3)17(20(16)22)11-15-6-8-18(24-10-9-21)19(12-15)23-4/h6,8,11-14,16H,5,7,10H2,1-4H3/t14-,16-/m0/s1. The molecule has 0 heterocycles. The average molecular weight is 327 g/mol. The van der Waals surface area contributed by atoms with Gasteiger partial charge in [0.25, 0.3) is 0 Å². The van der Waals surface area contributed by atoms with E-state index in [9.17, 15) is 4.79 Å². The zero-order chi connectivity index (χ0) is 17.7. The molecule has 24 heavy (non-hydrogen) atoms. The summed E-state index contributed by atoms with van der Waals surface area (Å²) in [6.07, 6.45) is 3.98. The lowest BCUT2D eigenvalue weighted by Crippen LogP contribution is -2.30. The fraction of sp³-hybridized carbons (Fsp3) is 0.500. The number of rotatable bonds is 5. The van der Waals surface area contributed by atoms with Gasteiger partial charge in [0.2, 0.25) is 0 Å². The van der Waals surface area contributed by atoms with Crippen molar-refractivity contribution in [3.05, 3.63) is 29.3 Å². The van der Waals surface area contributed by atoms with Gasteiger partial charge in [0, 0.05) is 5.92 Å². The summed E-state index contributed by atoms with van der Waals surface area (Å²) in [6, 6.07) is 7.45. The number of methoxy groups -OCH3 is 1. The number of ketones is 1. The molecule has 1 aliphatic carbocycles. The van der Waals surface area contributed by atoms with Crippen molar-refractivity contribution in [2.75, 3.05) is 13.7 Å². The van der Waals surface area contributed by atoms with Crippen LogP contribution in [0.4, 0.5) is 0 Å². The van der Waals surface area contributed by atoms with Gasteiger partial charge in [-0.15, -0.1) is 0 Å². The maximum atomic E-state index is 12.8. The minimum Gasteiger partial charge on any atom is -0.493 e. The number of benzene rings is 1. The van der Waals surface area contributed by atoms with Crippen molar-refractivity contribution in [3.8, 4) is 17.6 Å². The molecule has 2 atom stereocenters. The quantitative estimate of drug-likeness (QED) is 0.759. The third-order valence-electron chi connectivity index (χ3n) is 4.67. The second kappa shape index (κ2) is 8.01. The van der Waals surface area contributed by atoms with Crippen LogP contribution in [0.5, 0.6) is 11.5 Å². The zero-order valence-electron chi connectivity index (χ0n) is 14.8. The molecule has 0 amide bonds. The largest absolute Gasteiger partial charge is 0.493 e. The van der Waals surface area contributed by atoms with E-state index in [1.165, 1.54) is 0 Å². The number of carbonyl (C=O) groups is 1. The molecule has 2 rings (SSSR count). The first-order valence-electron chi connectivity index (χ1n) is 8.41. The van der Waals surface area contributed by atoms with Gasteiger partial charge in [0.15, 0.2) is 23.9 Å². The Kier molecular flexibility index (Phi) is 6.03. The first kappa shape index (κ1) is 18.1. The fourth-order valence-electron chi connectivity index (χ4n) is 3.21. The molecular formula is C20H25NO3. The van der Waals surface area contributed by atoms with Crippen LogP contribution in [0.2, 0.25) is 0 Å². The van der Waals surface area contributed by atoms with Crippen LogP contribution in [-0.4, -0.2) is 19.5 Å². The molecule has 0 radical (unpaired) electrons. The second-order valence-electron chi connectivity index (χ2n) is 6.65. The van der Waals surface area contributed by atoms with E-state index in [0.717, 1.165) is 24.0 Å². The van der Waals surface area contributed by atoms with Crippen LogP contribution < -0.4 is 9.47 Å². The van der Waals surface area contributed by atoms with E-state index in [0.29, 0.717) is 17.4 Å². The molecule has 1 aromatic rings. The number of carbonyl (C=O) groups excluding carboxylic acids is 1. The van der Waals surface area contributed by atoms with Gasteiger partial charge in [0.05, 0.1) is 7.11 Å². The lowest BCUT2D eigenvalue weighted by molar-refractivity contribution is -0.122. The van der Waals surface area contributed by atoms with Crippen molar-refractivity contribution >= 4 is 11.9 Å². The molecule has 1 aromatic carbocycles. The van der Waals surface area contributed by atoms with Crippen LogP contribution in [0.15, 0.2) is 23.8 Å². The van der Waals surface area contributed by atoms with Crippen LogP contribution >= 0.6 is 0 Å². The summed E-state index contributed by atoms with van der Waals surface area (Å²) in [4.78, 5) is 12.8. The first-order valence-corrected chi connectivity index (χ1v) is 8.41. The van der Waals surface area contributed by atoms with E-state index in [2.05, 4.69) is 20.8 Å². The van der Waals surface area contributed by atoms with Gasteiger partial charge in [-0.05, 0) is 54.0 Å². The summed E-state index contributed by atoms with van der Waals surface area (Å²) in [6.45, 7) is 6.31. The van der Waals surface area contributed by atoms with Gasteiger partial charge in [-0.25, -0.2) is 0 Å². The molecule has 0 aromatic heterocycles. The van der Waals surface area contributed by atoms with Gasteiger partial charge in [-0.2, -0.15) is 5.26 Å². The second-order valence-corrected chi connectivity index (χ2v) is 6.65. The smallest absolute Gasteiger partial charge is 0.174 e. The number of hydrogen-bond acceptors (Lipinski definition) is 4. The van der Waals surface area contributed by atoms with E-state index in [-0.39, 0.29) is 24.2 Å². The lowest BCUT2D eigenvalue weighted by atomic mass is 9.73. The number of Topliss-reactive ketones (excluding diaryl/α,β-unsaturated/α-hetero) is 1. The van der Waals surface area contributed by atoms with Crippen LogP contribution in [-0.2, 0) is 4.79 Å². The van der Waals surface area contributed by atoms with E-state index in [4.69, 9.17) is 14.7 Å². The minimum atomic E-state index is -0.0254. The minimum absolute atomic E-state index is 0.0254. The van der Waals surface area contributed by atoms with Crippen molar-refractivity contribution < 1.29 is 14.3 Å². The third-order valence-corrected chi connectivity index (χ3v) is 4.67. The van der Waals surface area contributed by atoms with Gasteiger partial charge < -0.3 is 9.47 Å². The van der Waals surface area contributed by atoms with Crippen LogP contribution in [0.1, 0.15) is 39.2 Å². The van der Waals surface area contributed by atoms with Gasteiger partial charge >= 0.3 is 0 Å². The Morgan fingerprint density at radius 3 is 2.71 bits per heavy atom.